The zero-order valence-electron chi connectivity index (χ0n) is 20.8. The van der Waals surface area contributed by atoms with Crippen molar-refractivity contribution in [2.24, 2.45) is 11.5 Å². The Morgan fingerprint density at radius 3 is 2.00 bits per heavy atom. The first-order chi connectivity index (χ1) is 18.5. The Bertz CT molecular complexity index is 1160. The Hall–Kier alpha value is -4.79. The van der Waals surface area contributed by atoms with Crippen LogP contribution in [0, 0.1) is 0 Å². The van der Waals surface area contributed by atoms with Gasteiger partial charge in [0.05, 0.1) is 18.8 Å². The first-order valence-electron chi connectivity index (χ1n) is 11.9. The van der Waals surface area contributed by atoms with E-state index in [0.29, 0.717) is 11.3 Å². The fraction of sp³-hybridized carbons (Fsp3) is 0.375. The molecule has 15 heteroatoms. The van der Waals surface area contributed by atoms with Crippen LogP contribution in [-0.4, -0.2) is 79.9 Å². The molecule has 0 fully saturated rings. The molecule has 2 rings (SSSR count). The predicted octanol–water partition coefficient (Wildman–Crippen LogP) is -2.20. The van der Waals surface area contributed by atoms with E-state index in [-0.39, 0.29) is 25.7 Å². The van der Waals surface area contributed by atoms with Crippen LogP contribution in [0.5, 0.6) is 0 Å². The van der Waals surface area contributed by atoms with Crippen molar-refractivity contribution in [3.63, 3.8) is 0 Å². The van der Waals surface area contributed by atoms with E-state index >= 15 is 0 Å². The van der Waals surface area contributed by atoms with Gasteiger partial charge in [-0.25, -0.2) is 9.78 Å². The van der Waals surface area contributed by atoms with Crippen LogP contribution >= 0.6 is 0 Å². The molecule has 0 spiro atoms. The number of rotatable bonds is 16. The van der Waals surface area contributed by atoms with Gasteiger partial charge in [-0.05, 0) is 12.0 Å². The third-order valence-corrected chi connectivity index (χ3v) is 5.56. The van der Waals surface area contributed by atoms with Gasteiger partial charge in [-0.2, -0.15) is 0 Å². The number of carbonyl (C=O) groups excluding carboxylic acids is 4. The molecule has 0 aliphatic heterocycles. The molecule has 4 unspecified atom stereocenters. The predicted molar refractivity (Wildman–Crippen MR) is 135 cm³/mol. The summed E-state index contributed by atoms with van der Waals surface area (Å²) in [4.78, 5) is 79.2. The highest BCUT2D eigenvalue weighted by molar-refractivity contribution is 5.95. The van der Waals surface area contributed by atoms with Crippen LogP contribution in [0.4, 0.5) is 0 Å². The van der Waals surface area contributed by atoms with Crippen LogP contribution in [0.1, 0.15) is 30.5 Å². The molecule has 210 valence electrons. The largest absolute Gasteiger partial charge is 0.481 e. The van der Waals surface area contributed by atoms with Gasteiger partial charge in [0.25, 0.3) is 0 Å². The normalized spacial score (nSPS) is 13.8. The number of nitrogens with zero attached hydrogens (tertiary/aromatic N) is 1. The number of carboxylic acid groups (broad SMARTS) is 2. The van der Waals surface area contributed by atoms with Gasteiger partial charge >= 0.3 is 11.9 Å². The molecule has 0 radical (unpaired) electrons. The maximum Gasteiger partial charge on any atom is 0.326 e. The smallest absolute Gasteiger partial charge is 0.326 e. The number of H-pyrrole nitrogens is 1. The first-order valence-corrected chi connectivity index (χ1v) is 11.9. The second-order valence-corrected chi connectivity index (χ2v) is 8.70. The average molecular weight is 546 g/mol. The lowest BCUT2D eigenvalue weighted by atomic mass is 10.0. The molecule has 10 N–H and O–H groups in total. The highest BCUT2D eigenvalue weighted by Gasteiger charge is 2.31. The molecule has 4 amide bonds. The number of aromatic amines is 1. The molecule has 39 heavy (non-hydrogen) atoms. The Labute approximate surface area is 222 Å². The molecule has 2 aromatic rings. The number of nitrogens with two attached hydrogens (primary N) is 2. The van der Waals surface area contributed by atoms with Gasteiger partial charge in [0, 0.05) is 31.2 Å². The van der Waals surface area contributed by atoms with Crippen LogP contribution in [0.3, 0.4) is 0 Å². The van der Waals surface area contributed by atoms with Crippen molar-refractivity contribution < 1.29 is 39.0 Å². The number of hydrogen-bond acceptors (Lipinski definition) is 8. The number of imidazole rings is 1. The van der Waals surface area contributed by atoms with E-state index in [2.05, 4.69) is 25.9 Å². The summed E-state index contributed by atoms with van der Waals surface area (Å²) < 4.78 is 0. The molecule has 0 aliphatic rings. The number of benzene rings is 1. The minimum atomic E-state index is -1.75. The van der Waals surface area contributed by atoms with Crippen LogP contribution in [0.15, 0.2) is 42.9 Å². The number of aliphatic carboxylic acids is 2. The summed E-state index contributed by atoms with van der Waals surface area (Å²) in [6, 6.07) is 3.19. The summed E-state index contributed by atoms with van der Waals surface area (Å²) in [5.41, 5.74) is 12.0. The van der Waals surface area contributed by atoms with E-state index in [9.17, 15) is 33.9 Å². The number of carbonyl (C=O) groups is 6. The minimum Gasteiger partial charge on any atom is -0.481 e. The summed E-state index contributed by atoms with van der Waals surface area (Å²) >= 11 is 0. The second kappa shape index (κ2) is 14.8. The van der Waals surface area contributed by atoms with Crippen molar-refractivity contribution in [2.45, 2.75) is 56.3 Å². The number of primary amides is 1. The molecule has 4 atom stereocenters. The summed E-state index contributed by atoms with van der Waals surface area (Å²) in [7, 11) is 0. The van der Waals surface area contributed by atoms with Crippen LogP contribution in [0.25, 0.3) is 0 Å². The van der Waals surface area contributed by atoms with Crippen molar-refractivity contribution in [3.8, 4) is 0 Å². The summed E-state index contributed by atoms with van der Waals surface area (Å²) in [5.74, 6) is -6.15. The fourth-order valence-electron chi connectivity index (χ4n) is 3.51. The van der Waals surface area contributed by atoms with Gasteiger partial charge in [-0.3, -0.25) is 24.0 Å². The van der Waals surface area contributed by atoms with Gasteiger partial charge in [-0.15, -0.1) is 0 Å². The molecule has 1 aromatic carbocycles. The third kappa shape index (κ3) is 10.6. The third-order valence-electron chi connectivity index (χ3n) is 5.56. The highest BCUT2D eigenvalue weighted by Crippen LogP contribution is 2.07. The molecule has 1 aromatic heterocycles. The lowest BCUT2D eigenvalue weighted by Gasteiger charge is -2.25. The van der Waals surface area contributed by atoms with Gasteiger partial charge in [-0.1, -0.05) is 30.3 Å². The molecule has 1 heterocycles. The average Bonchev–Trinajstić information content (AvgIpc) is 3.39. The Balaban J connectivity index is 2.26. The highest BCUT2D eigenvalue weighted by atomic mass is 16.4. The summed E-state index contributed by atoms with van der Waals surface area (Å²) in [6.07, 6.45) is 1.50. The molecule has 0 bridgehead atoms. The van der Waals surface area contributed by atoms with Crippen molar-refractivity contribution in [3.05, 3.63) is 54.1 Å². The van der Waals surface area contributed by atoms with E-state index in [1.165, 1.54) is 12.5 Å². The SMILES string of the molecule is NC(=O)CCC(N)C(=O)NC(Cc1ccccc1)C(=O)NC(Cc1cnc[nH]1)C(=O)NC(CC(=O)O)C(=O)O. The van der Waals surface area contributed by atoms with Gasteiger partial charge in [0.1, 0.15) is 18.1 Å². The monoisotopic (exact) mass is 545 g/mol. The minimum absolute atomic E-state index is 0.0100. The van der Waals surface area contributed by atoms with Crippen LogP contribution in [0.2, 0.25) is 0 Å². The van der Waals surface area contributed by atoms with Crippen LogP contribution < -0.4 is 27.4 Å². The lowest BCUT2D eigenvalue weighted by molar-refractivity contribution is -0.147. The molecule has 0 saturated carbocycles. The number of hydrogen-bond donors (Lipinski definition) is 8. The van der Waals surface area contributed by atoms with E-state index < -0.39 is 66.2 Å². The van der Waals surface area contributed by atoms with Gasteiger partial charge in [0.15, 0.2) is 0 Å². The molecule has 0 saturated heterocycles. The van der Waals surface area contributed by atoms with Crippen molar-refractivity contribution >= 4 is 35.6 Å². The maximum absolute atomic E-state index is 13.4. The number of carboxylic acids is 2. The van der Waals surface area contributed by atoms with E-state index in [0.717, 1.165) is 0 Å². The van der Waals surface area contributed by atoms with Crippen molar-refractivity contribution in [2.75, 3.05) is 0 Å². The number of aromatic nitrogens is 2. The van der Waals surface area contributed by atoms with E-state index in [1.54, 1.807) is 30.3 Å². The van der Waals surface area contributed by atoms with Gasteiger partial charge < -0.3 is 42.6 Å². The van der Waals surface area contributed by atoms with E-state index in [4.69, 9.17) is 16.6 Å². The lowest BCUT2D eigenvalue weighted by Crippen LogP contribution is -2.58. The number of amides is 4. The molecular formula is C24H31N7O8. The molecule has 15 nitrogen and oxygen atoms in total. The second-order valence-electron chi connectivity index (χ2n) is 8.70. The first kappa shape index (κ1) is 30.4. The maximum atomic E-state index is 13.4. The van der Waals surface area contributed by atoms with Crippen molar-refractivity contribution in [1.29, 1.82) is 0 Å². The Morgan fingerprint density at radius 1 is 0.872 bits per heavy atom. The number of nitrogens with one attached hydrogen (secondary N) is 4. The van der Waals surface area contributed by atoms with Gasteiger partial charge in [0.2, 0.25) is 23.6 Å². The molecular weight excluding hydrogens is 514 g/mol. The Kier molecular flexibility index (Phi) is 11.6. The van der Waals surface area contributed by atoms with E-state index in [1.807, 2.05) is 0 Å². The quantitative estimate of drug-likeness (QED) is 0.113. The summed E-state index contributed by atoms with van der Waals surface area (Å²) in [6.45, 7) is 0. The Morgan fingerprint density at radius 2 is 1.46 bits per heavy atom. The molecule has 0 aliphatic carbocycles. The van der Waals surface area contributed by atoms with Crippen molar-refractivity contribution in [1.82, 2.24) is 25.9 Å². The summed E-state index contributed by atoms with van der Waals surface area (Å²) in [5, 5.41) is 25.4. The standard InChI is InChI=1S/C24H31N7O8/c25-15(6-7-19(26)32)21(35)29-16(8-13-4-2-1-3-5-13)22(36)30-17(9-14-11-27-12-28-14)23(37)31-18(24(38)39)10-20(33)34/h1-5,11-12,15-18H,6-10,25H2,(H2,26,32)(H,27,28)(H,29,35)(H,30,36)(H,31,37)(H,33,34)(H,38,39). The zero-order valence-corrected chi connectivity index (χ0v) is 20.8. The fourth-order valence-corrected chi connectivity index (χ4v) is 3.51. The topological polar surface area (TPSA) is 260 Å². The zero-order chi connectivity index (χ0) is 28.9. The van der Waals surface area contributed by atoms with Crippen LogP contribution in [-0.2, 0) is 41.6 Å².